The Hall–Kier alpha value is -5.29. The Kier molecular flexibility index (Phi) is 7.02. The number of nitrogens with two attached hydrogens (primary N) is 1. The lowest BCUT2D eigenvalue weighted by Crippen LogP contribution is -2.27. The minimum Gasteiger partial charge on any atom is -0.319 e. The zero-order valence-corrected chi connectivity index (χ0v) is 22.8. The van der Waals surface area contributed by atoms with Crippen molar-refractivity contribution in [1.29, 1.82) is 10.5 Å². The van der Waals surface area contributed by atoms with Gasteiger partial charge in [-0.05, 0) is 53.8 Å². The molecule has 0 aliphatic heterocycles. The summed E-state index contributed by atoms with van der Waals surface area (Å²) in [6.07, 6.45) is 1.83. The summed E-state index contributed by atoms with van der Waals surface area (Å²) in [5, 5.41) is 19.2. The summed E-state index contributed by atoms with van der Waals surface area (Å²) < 4.78 is 62.2. The number of hydrogen-bond acceptors (Lipinski definition) is 6. The van der Waals surface area contributed by atoms with Crippen LogP contribution < -0.4 is 5.73 Å². The fourth-order valence-corrected chi connectivity index (χ4v) is 5.59. The third-order valence-corrected chi connectivity index (χ3v) is 7.59. The number of rotatable bonds is 3. The van der Waals surface area contributed by atoms with Gasteiger partial charge in [-0.15, -0.1) is 0 Å². The number of halogens is 4. The molecule has 0 saturated heterocycles. The Morgan fingerprint density at radius 2 is 1.47 bits per heavy atom. The van der Waals surface area contributed by atoms with Crippen LogP contribution in [0, 0.1) is 45.9 Å². The van der Waals surface area contributed by atoms with Gasteiger partial charge in [0.25, 0.3) is 0 Å². The maximum absolute atomic E-state index is 14.7. The molecule has 1 unspecified atom stereocenters. The van der Waals surface area contributed by atoms with Crippen molar-refractivity contribution in [3.63, 3.8) is 0 Å². The van der Waals surface area contributed by atoms with Crippen molar-refractivity contribution in [2.24, 2.45) is 10.1 Å². The SMILES string of the molecule is N#Cc1cccc(-c2nc3ccccc3c3c2C=C(c2ccc(-c4c(F)c(F)c(C#N)c(F)c4F)cc2)/C(=N/S)C3N)c1. The predicted octanol–water partition coefficient (Wildman–Crippen LogP) is 7.71. The summed E-state index contributed by atoms with van der Waals surface area (Å²) in [6.45, 7) is 0. The zero-order valence-electron chi connectivity index (χ0n) is 21.9. The maximum Gasteiger partial charge on any atom is 0.180 e. The molecule has 2 N–H and O–H groups in total. The normalized spacial score (nSPS) is 15.1. The van der Waals surface area contributed by atoms with Crippen LogP contribution in [0.2, 0.25) is 0 Å². The predicted molar refractivity (Wildman–Crippen MR) is 160 cm³/mol. The lowest BCUT2D eigenvalue weighted by atomic mass is 9.80. The molecule has 208 valence electrons. The van der Waals surface area contributed by atoms with Crippen LogP contribution >= 0.6 is 12.8 Å². The van der Waals surface area contributed by atoms with Gasteiger partial charge in [-0.1, -0.05) is 54.6 Å². The van der Waals surface area contributed by atoms with Gasteiger partial charge in [-0.25, -0.2) is 26.9 Å². The quantitative estimate of drug-likeness (QED) is 0.128. The molecule has 0 spiro atoms. The number of nitrogens with zero attached hydrogens (tertiary/aromatic N) is 4. The van der Waals surface area contributed by atoms with Gasteiger partial charge in [0, 0.05) is 22.1 Å². The van der Waals surface area contributed by atoms with Crippen molar-refractivity contribution in [2.45, 2.75) is 6.04 Å². The van der Waals surface area contributed by atoms with Crippen LogP contribution in [-0.4, -0.2) is 10.7 Å². The molecule has 4 aromatic carbocycles. The highest BCUT2D eigenvalue weighted by atomic mass is 32.1. The number of aromatic nitrogens is 1. The van der Waals surface area contributed by atoms with E-state index >= 15 is 0 Å². The Morgan fingerprint density at radius 1 is 0.791 bits per heavy atom. The molecule has 1 aliphatic rings. The molecule has 43 heavy (non-hydrogen) atoms. The molecule has 0 radical (unpaired) electrons. The summed E-state index contributed by atoms with van der Waals surface area (Å²) in [7, 11) is 0. The first-order chi connectivity index (χ1) is 20.8. The molecular weight excluding hydrogens is 574 g/mol. The lowest BCUT2D eigenvalue weighted by Gasteiger charge is -2.28. The number of pyridine rings is 1. The third kappa shape index (κ3) is 4.45. The Morgan fingerprint density at radius 3 is 2.12 bits per heavy atom. The highest BCUT2D eigenvalue weighted by Crippen LogP contribution is 2.42. The van der Waals surface area contributed by atoms with Crippen molar-refractivity contribution >= 4 is 41.1 Å². The van der Waals surface area contributed by atoms with Crippen LogP contribution in [0.25, 0.3) is 44.9 Å². The third-order valence-electron chi connectivity index (χ3n) is 7.37. The van der Waals surface area contributed by atoms with E-state index in [2.05, 4.69) is 23.3 Å². The Labute approximate surface area is 248 Å². The minimum absolute atomic E-state index is 0.145. The van der Waals surface area contributed by atoms with E-state index in [4.69, 9.17) is 16.0 Å². The van der Waals surface area contributed by atoms with E-state index in [1.165, 1.54) is 24.3 Å². The topological polar surface area (TPSA) is 98.8 Å². The van der Waals surface area contributed by atoms with Gasteiger partial charge in [0.2, 0.25) is 0 Å². The van der Waals surface area contributed by atoms with Gasteiger partial charge in [-0.2, -0.15) is 10.5 Å². The average molecular weight is 592 g/mol. The van der Waals surface area contributed by atoms with Crippen molar-refractivity contribution in [3.05, 3.63) is 124 Å². The summed E-state index contributed by atoms with van der Waals surface area (Å²) >= 11 is 4.19. The number of thiol groups is 1. The molecule has 5 nitrogen and oxygen atoms in total. The fourth-order valence-electron chi connectivity index (χ4n) is 5.36. The van der Waals surface area contributed by atoms with E-state index in [1.807, 2.05) is 36.4 Å². The largest absolute Gasteiger partial charge is 0.319 e. The second-order valence-corrected chi connectivity index (χ2v) is 9.91. The summed E-state index contributed by atoms with van der Waals surface area (Å²) in [6, 6.07) is 22.7. The number of hydrogen-bond donors (Lipinski definition) is 2. The van der Waals surface area contributed by atoms with Crippen LogP contribution in [0.5, 0.6) is 0 Å². The number of nitriles is 2. The molecule has 1 atom stereocenters. The monoisotopic (exact) mass is 591 g/mol. The van der Waals surface area contributed by atoms with Crippen LogP contribution in [0.1, 0.15) is 33.9 Å². The van der Waals surface area contributed by atoms with Crippen molar-refractivity contribution in [2.75, 3.05) is 0 Å². The van der Waals surface area contributed by atoms with E-state index in [9.17, 15) is 22.8 Å². The molecule has 0 bridgehead atoms. The van der Waals surface area contributed by atoms with Crippen LogP contribution in [0.15, 0.2) is 77.2 Å². The highest BCUT2D eigenvalue weighted by molar-refractivity contribution is 7.79. The second kappa shape index (κ2) is 10.8. The van der Waals surface area contributed by atoms with Gasteiger partial charge < -0.3 is 5.73 Å². The van der Waals surface area contributed by atoms with E-state index in [0.717, 1.165) is 17.0 Å². The van der Waals surface area contributed by atoms with Crippen LogP contribution in [0.3, 0.4) is 0 Å². The number of para-hydroxylation sites is 1. The van der Waals surface area contributed by atoms with Gasteiger partial charge in [0.15, 0.2) is 23.3 Å². The number of fused-ring (bicyclic) bond motifs is 3. The highest BCUT2D eigenvalue weighted by Gasteiger charge is 2.31. The number of benzene rings is 4. The van der Waals surface area contributed by atoms with E-state index in [1.54, 1.807) is 18.2 Å². The second-order valence-electron chi connectivity index (χ2n) is 9.71. The summed E-state index contributed by atoms with van der Waals surface area (Å²) in [4.78, 5) is 4.91. The molecule has 1 heterocycles. The van der Waals surface area contributed by atoms with Gasteiger partial charge in [0.1, 0.15) is 11.6 Å². The average Bonchev–Trinajstić information content (AvgIpc) is 3.04. The van der Waals surface area contributed by atoms with E-state index in [-0.39, 0.29) is 5.56 Å². The van der Waals surface area contributed by atoms with E-state index in [0.29, 0.717) is 44.7 Å². The van der Waals surface area contributed by atoms with Crippen molar-refractivity contribution < 1.29 is 17.6 Å². The Balaban J connectivity index is 1.56. The first-order valence-electron chi connectivity index (χ1n) is 12.8. The van der Waals surface area contributed by atoms with Crippen molar-refractivity contribution in [3.8, 4) is 34.5 Å². The van der Waals surface area contributed by atoms with Crippen LogP contribution in [-0.2, 0) is 0 Å². The van der Waals surface area contributed by atoms with E-state index < -0.39 is 40.4 Å². The fraction of sp³-hybridized carbons (Fsp3) is 0.0303. The summed E-state index contributed by atoms with van der Waals surface area (Å²) in [5.74, 6) is -6.88. The molecule has 10 heteroatoms. The van der Waals surface area contributed by atoms with Gasteiger partial charge >= 0.3 is 0 Å². The molecule has 1 aromatic heterocycles. The first kappa shape index (κ1) is 27.9. The zero-order chi connectivity index (χ0) is 30.4. The molecule has 0 amide bonds. The van der Waals surface area contributed by atoms with Gasteiger partial charge in [0.05, 0.1) is 40.2 Å². The molecular formula is C33H17F4N5S. The lowest BCUT2D eigenvalue weighted by molar-refractivity contribution is 0.454. The maximum atomic E-state index is 14.7. The van der Waals surface area contributed by atoms with Gasteiger partial charge in [-0.3, -0.25) is 0 Å². The summed E-state index contributed by atoms with van der Waals surface area (Å²) in [5.41, 5.74) is 9.74. The smallest absolute Gasteiger partial charge is 0.180 e. The Bertz CT molecular complexity index is 2100. The minimum atomic E-state index is -1.77. The van der Waals surface area contributed by atoms with Crippen molar-refractivity contribution in [1.82, 2.24) is 4.98 Å². The standard InChI is InChI=1S/C33H17F4N5S/c34-27-23(15-39)28(35)30(37)25(29(27)36)18-10-8-17(9-11-18)21-13-22-26(31(40)33(21)42-43)20-6-1-2-7-24(20)41-32(22)19-5-3-4-16(12-19)14-38/h1-13,31,43H,40H2/b42-33-. The van der Waals surface area contributed by atoms with Crippen LogP contribution in [0.4, 0.5) is 17.6 Å². The first-order valence-corrected chi connectivity index (χ1v) is 13.2. The molecule has 0 saturated carbocycles. The molecule has 0 fully saturated rings. The molecule has 6 rings (SSSR count). The molecule has 5 aromatic rings. The molecule has 1 aliphatic carbocycles.